The molecule has 26 heavy (non-hydrogen) atoms. The molecular formula is C21H26N2O3. The Balaban J connectivity index is 2.06. The summed E-state index contributed by atoms with van der Waals surface area (Å²) in [6.07, 6.45) is 0. The van der Waals surface area contributed by atoms with Crippen LogP contribution in [0.5, 0.6) is 5.75 Å². The zero-order valence-corrected chi connectivity index (χ0v) is 15.7. The van der Waals surface area contributed by atoms with Crippen molar-refractivity contribution in [3.05, 3.63) is 59.7 Å². The molecule has 0 bridgehead atoms. The minimum absolute atomic E-state index is 0.0496. The molecule has 0 aliphatic rings. The van der Waals surface area contributed by atoms with Gasteiger partial charge in [0.2, 0.25) is 5.91 Å². The summed E-state index contributed by atoms with van der Waals surface area (Å²) in [5.74, 6) is 0.199. The molecule has 2 amide bonds. The lowest BCUT2D eigenvalue weighted by Gasteiger charge is -2.22. The second-order valence-electron chi connectivity index (χ2n) is 6.51. The van der Waals surface area contributed by atoms with Crippen molar-refractivity contribution < 1.29 is 14.3 Å². The van der Waals surface area contributed by atoms with Crippen LogP contribution in [0.4, 0.5) is 5.69 Å². The molecule has 1 atom stereocenters. The Labute approximate surface area is 154 Å². The lowest BCUT2D eigenvalue weighted by molar-refractivity contribution is -0.118. The molecule has 2 aromatic carbocycles. The summed E-state index contributed by atoms with van der Waals surface area (Å²) in [6, 6.07) is 13.8. The van der Waals surface area contributed by atoms with Gasteiger partial charge in [0.05, 0.1) is 6.61 Å². The third-order valence-electron chi connectivity index (χ3n) is 3.95. The number of carbonyl (C=O) groups excluding carboxylic acids is 2. The molecule has 138 valence electrons. The maximum Gasteiger partial charge on any atom is 0.251 e. The first-order valence-electron chi connectivity index (χ1n) is 8.82. The second kappa shape index (κ2) is 9.04. The molecule has 0 spiro atoms. The number of carbonyl (C=O) groups is 2. The number of nitrogens with one attached hydrogen (secondary N) is 2. The monoisotopic (exact) mass is 354 g/mol. The predicted molar refractivity (Wildman–Crippen MR) is 104 cm³/mol. The quantitative estimate of drug-likeness (QED) is 0.795. The summed E-state index contributed by atoms with van der Waals surface area (Å²) in [5.41, 5.74) is 2.20. The summed E-state index contributed by atoms with van der Waals surface area (Å²) < 4.78 is 5.39. The van der Waals surface area contributed by atoms with Crippen LogP contribution in [0.2, 0.25) is 0 Å². The minimum atomic E-state index is -0.630. The van der Waals surface area contributed by atoms with E-state index < -0.39 is 6.04 Å². The van der Waals surface area contributed by atoms with E-state index in [4.69, 9.17) is 4.74 Å². The van der Waals surface area contributed by atoms with Gasteiger partial charge in [0.15, 0.2) is 0 Å². The smallest absolute Gasteiger partial charge is 0.251 e. The fourth-order valence-electron chi connectivity index (χ4n) is 2.57. The van der Waals surface area contributed by atoms with Crippen LogP contribution in [0.1, 0.15) is 36.7 Å². The van der Waals surface area contributed by atoms with Gasteiger partial charge >= 0.3 is 0 Å². The molecule has 2 aromatic rings. The van der Waals surface area contributed by atoms with Crippen LogP contribution in [0.3, 0.4) is 0 Å². The van der Waals surface area contributed by atoms with Gasteiger partial charge in [0, 0.05) is 11.3 Å². The summed E-state index contributed by atoms with van der Waals surface area (Å²) in [5, 5.41) is 5.69. The first-order valence-corrected chi connectivity index (χ1v) is 8.82. The van der Waals surface area contributed by atoms with Crippen molar-refractivity contribution in [1.29, 1.82) is 0 Å². The summed E-state index contributed by atoms with van der Waals surface area (Å²) >= 11 is 0. The molecule has 0 aliphatic carbocycles. The van der Waals surface area contributed by atoms with E-state index in [1.54, 1.807) is 36.4 Å². The highest BCUT2D eigenvalue weighted by atomic mass is 16.5. The van der Waals surface area contributed by atoms with E-state index >= 15 is 0 Å². The Morgan fingerprint density at radius 1 is 1.08 bits per heavy atom. The van der Waals surface area contributed by atoms with Crippen molar-refractivity contribution in [2.24, 2.45) is 5.92 Å². The Hall–Kier alpha value is -2.82. The predicted octanol–water partition coefficient (Wildman–Crippen LogP) is 3.79. The van der Waals surface area contributed by atoms with Gasteiger partial charge in [-0.25, -0.2) is 0 Å². The molecule has 5 heteroatoms. The van der Waals surface area contributed by atoms with Crippen LogP contribution >= 0.6 is 0 Å². The summed E-state index contributed by atoms with van der Waals surface area (Å²) in [7, 11) is 0. The van der Waals surface area contributed by atoms with Crippen molar-refractivity contribution >= 4 is 17.5 Å². The first-order chi connectivity index (χ1) is 12.4. The first kappa shape index (κ1) is 19.5. The van der Waals surface area contributed by atoms with Gasteiger partial charge in [0.1, 0.15) is 11.8 Å². The van der Waals surface area contributed by atoms with E-state index in [9.17, 15) is 9.59 Å². The molecule has 2 rings (SSSR count). The lowest BCUT2D eigenvalue weighted by Crippen LogP contribution is -2.47. The van der Waals surface area contributed by atoms with Crippen molar-refractivity contribution in [3.8, 4) is 5.75 Å². The second-order valence-corrected chi connectivity index (χ2v) is 6.51. The van der Waals surface area contributed by atoms with Crippen LogP contribution < -0.4 is 15.4 Å². The number of amides is 2. The number of hydrogen-bond donors (Lipinski definition) is 2. The van der Waals surface area contributed by atoms with E-state index in [2.05, 4.69) is 10.6 Å². The number of anilines is 1. The van der Waals surface area contributed by atoms with Crippen LogP contribution in [-0.4, -0.2) is 24.5 Å². The molecular weight excluding hydrogens is 328 g/mol. The molecule has 0 fully saturated rings. The fraction of sp³-hybridized carbons (Fsp3) is 0.333. The molecule has 0 saturated carbocycles. The third-order valence-corrected chi connectivity index (χ3v) is 3.95. The van der Waals surface area contributed by atoms with E-state index in [0.717, 1.165) is 11.3 Å². The van der Waals surface area contributed by atoms with Crippen molar-refractivity contribution in [2.45, 2.75) is 33.7 Å². The van der Waals surface area contributed by atoms with Gasteiger partial charge in [-0.2, -0.15) is 0 Å². The highest BCUT2D eigenvalue weighted by Crippen LogP contribution is 2.17. The maximum atomic E-state index is 12.6. The minimum Gasteiger partial charge on any atom is -0.494 e. The van der Waals surface area contributed by atoms with Crippen molar-refractivity contribution in [3.63, 3.8) is 0 Å². The summed E-state index contributed by atoms with van der Waals surface area (Å²) in [6.45, 7) is 8.24. The van der Waals surface area contributed by atoms with E-state index in [-0.39, 0.29) is 17.7 Å². The SMILES string of the molecule is CCOc1ccc(NC(=O)C(NC(=O)c2cccc(C)c2)C(C)C)cc1. The van der Waals surface area contributed by atoms with E-state index in [0.29, 0.717) is 17.9 Å². The van der Waals surface area contributed by atoms with Crippen LogP contribution in [0.25, 0.3) is 0 Å². The Morgan fingerprint density at radius 3 is 2.35 bits per heavy atom. The third kappa shape index (κ3) is 5.34. The van der Waals surface area contributed by atoms with Crippen molar-refractivity contribution in [1.82, 2.24) is 5.32 Å². The molecule has 1 unspecified atom stereocenters. The van der Waals surface area contributed by atoms with Crippen LogP contribution in [0.15, 0.2) is 48.5 Å². The zero-order valence-electron chi connectivity index (χ0n) is 15.7. The molecule has 0 radical (unpaired) electrons. The molecule has 2 N–H and O–H groups in total. The summed E-state index contributed by atoms with van der Waals surface area (Å²) in [4.78, 5) is 25.1. The van der Waals surface area contributed by atoms with E-state index in [1.165, 1.54) is 0 Å². The highest BCUT2D eigenvalue weighted by molar-refractivity contribution is 6.01. The molecule has 0 aromatic heterocycles. The van der Waals surface area contributed by atoms with Crippen LogP contribution in [0, 0.1) is 12.8 Å². The largest absolute Gasteiger partial charge is 0.494 e. The standard InChI is InChI=1S/C21H26N2O3/c1-5-26-18-11-9-17(10-12-18)22-21(25)19(14(2)3)23-20(24)16-8-6-7-15(4)13-16/h6-14,19H,5H2,1-4H3,(H,22,25)(H,23,24). The Bertz CT molecular complexity index is 754. The number of hydrogen-bond acceptors (Lipinski definition) is 3. The average molecular weight is 354 g/mol. The Morgan fingerprint density at radius 2 is 1.77 bits per heavy atom. The number of benzene rings is 2. The molecule has 0 heterocycles. The number of ether oxygens (including phenoxy) is 1. The molecule has 0 aliphatic heterocycles. The van der Waals surface area contributed by atoms with Gasteiger partial charge < -0.3 is 15.4 Å². The van der Waals surface area contributed by atoms with Gasteiger partial charge in [-0.3, -0.25) is 9.59 Å². The van der Waals surface area contributed by atoms with Crippen molar-refractivity contribution in [2.75, 3.05) is 11.9 Å². The van der Waals surface area contributed by atoms with Gasteiger partial charge in [-0.05, 0) is 56.2 Å². The maximum absolute atomic E-state index is 12.6. The lowest BCUT2D eigenvalue weighted by atomic mass is 10.0. The molecule has 0 saturated heterocycles. The normalized spacial score (nSPS) is 11.7. The molecule has 5 nitrogen and oxygen atoms in total. The zero-order chi connectivity index (χ0) is 19.1. The number of aryl methyl sites for hydroxylation is 1. The highest BCUT2D eigenvalue weighted by Gasteiger charge is 2.24. The van der Waals surface area contributed by atoms with E-state index in [1.807, 2.05) is 39.8 Å². The van der Waals surface area contributed by atoms with Gasteiger partial charge in [-0.15, -0.1) is 0 Å². The van der Waals surface area contributed by atoms with Gasteiger partial charge in [-0.1, -0.05) is 31.5 Å². The van der Waals surface area contributed by atoms with Gasteiger partial charge in [0.25, 0.3) is 5.91 Å². The number of rotatable bonds is 7. The fourth-order valence-corrected chi connectivity index (χ4v) is 2.57. The average Bonchev–Trinajstić information content (AvgIpc) is 2.61. The van der Waals surface area contributed by atoms with Crippen LogP contribution in [-0.2, 0) is 4.79 Å². The topological polar surface area (TPSA) is 67.4 Å². The Kier molecular flexibility index (Phi) is 6.78.